The van der Waals surface area contributed by atoms with Crippen molar-refractivity contribution in [3.8, 4) is 0 Å². The molecule has 30 heavy (non-hydrogen) atoms. The van der Waals surface area contributed by atoms with Crippen molar-refractivity contribution in [3.63, 3.8) is 0 Å². The number of carbonyl (C=O) groups is 3. The highest BCUT2D eigenvalue weighted by atomic mass is 32.2. The summed E-state index contributed by atoms with van der Waals surface area (Å²) >= 11 is 1.55. The molecular formula is C22H23NO6S. The number of nitrogens with one attached hydrogen (secondary N) is 1. The van der Waals surface area contributed by atoms with Gasteiger partial charge in [-0.15, -0.1) is 11.8 Å². The Kier molecular flexibility index (Phi) is 7.87. The van der Waals surface area contributed by atoms with Crippen LogP contribution >= 0.6 is 11.8 Å². The van der Waals surface area contributed by atoms with Crippen molar-refractivity contribution in [2.45, 2.75) is 23.8 Å². The molecule has 1 unspecified atom stereocenters. The Morgan fingerprint density at radius 3 is 2.73 bits per heavy atom. The first-order chi connectivity index (χ1) is 14.6. The first-order valence-electron chi connectivity index (χ1n) is 9.55. The summed E-state index contributed by atoms with van der Waals surface area (Å²) in [5, 5.41) is 2.60. The van der Waals surface area contributed by atoms with Crippen LogP contribution in [-0.2, 0) is 19.0 Å². The highest BCUT2D eigenvalue weighted by Crippen LogP contribution is 2.27. The number of esters is 2. The third-order valence-corrected chi connectivity index (χ3v) is 5.66. The number of carbonyl (C=O) groups excluding carboxylic acids is 3. The third kappa shape index (κ3) is 6.08. The molecule has 0 aromatic heterocycles. The maximum atomic E-state index is 12.5. The zero-order valence-electron chi connectivity index (χ0n) is 16.6. The number of hydrogen-bond acceptors (Lipinski definition) is 7. The number of benzene rings is 2. The molecule has 8 heteroatoms. The normalized spacial score (nSPS) is 15.4. The van der Waals surface area contributed by atoms with Crippen LogP contribution in [0.2, 0.25) is 0 Å². The van der Waals surface area contributed by atoms with E-state index in [9.17, 15) is 14.4 Å². The minimum atomic E-state index is -0.566. The minimum absolute atomic E-state index is 0.200. The van der Waals surface area contributed by atoms with Gasteiger partial charge in [-0.05, 0) is 43.2 Å². The van der Waals surface area contributed by atoms with E-state index in [1.165, 1.54) is 13.2 Å². The van der Waals surface area contributed by atoms with Gasteiger partial charge in [0.05, 0.1) is 24.3 Å². The zero-order valence-corrected chi connectivity index (χ0v) is 17.4. The number of anilines is 1. The molecule has 1 aliphatic heterocycles. The van der Waals surface area contributed by atoms with Gasteiger partial charge in [-0.3, -0.25) is 4.79 Å². The van der Waals surface area contributed by atoms with Crippen LogP contribution in [0.4, 0.5) is 5.69 Å². The second-order valence-corrected chi connectivity index (χ2v) is 7.70. The molecule has 1 atom stereocenters. The first-order valence-corrected chi connectivity index (χ1v) is 10.5. The molecule has 0 bridgehead atoms. The summed E-state index contributed by atoms with van der Waals surface area (Å²) in [6, 6.07) is 13.5. The molecule has 1 saturated heterocycles. The number of ether oxygens (including phenoxy) is 3. The van der Waals surface area contributed by atoms with Crippen molar-refractivity contribution >= 4 is 35.3 Å². The summed E-state index contributed by atoms with van der Waals surface area (Å²) < 4.78 is 15.5. The second-order valence-electron chi connectivity index (χ2n) is 6.64. The van der Waals surface area contributed by atoms with E-state index in [1.54, 1.807) is 42.1 Å². The first kappa shape index (κ1) is 21.9. The summed E-state index contributed by atoms with van der Waals surface area (Å²) in [7, 11) is 1.28. The Labute approximate surface area is 179 Å². The van der Waals surface area contributed by atoms with Crippen molar-refractivity contribution in [2.75, 3.05) is 31.4 Å². The molecule has 1 amide bonds. The van der Waals surface area contributed by atoms with Gasteiger partial charge in [0.25, 0.3) is 5.91 Å². The van der Waals surface area contributed by atoms with E-state index in [0.29, 0.717) is 16.8 Å². The number of rotatable bonds is 8. The quantitative estimate of drug-likeness (QED) is 0.507. The molecule has 1 N–H and O–H groups in total. The number of thioether (sulfide) groups is 1. The molecule has 1 fully saturated rings. The van der Waals surface area contributed by atoms with Crippen molar-refractivity contribution in [1.82, 2.24) is 0 Å². The summed E-state index contributed by atoms with van der Waals surface area (Å²) in [4.78, 5) is 37.0. The Balaban J connectivity index is 1.54. The van der Waals surface area contributed by atoms with E-state index < -0.39 is 24.5 Å². The van der Waals surface area contributed by atoms with Gasteiger partial charge in [0.2, 0.25) is 0 Å². The highest BCUT2D eigenvalue weighted by Gasteiger charge is 2.19. The van der Waals surface area contributed by atoms with E-state index >= 15 is 0 Å². The van der Waals surface area contributed by atoms with Crippen LogP contribution in [0.5, 0.6) is 0 Å². The predicted molar refractivity (Wildman–Crippen MR) is 113 cm³/mol. The largest absolute Gasteiger partial charge is 0.465 e. The lowest BCUT2D eigenvalue weighted by Gasteiger charge is -2.12. The molecule has 2 aromatic rings. The maximum absolute atomic E-state index is 12.5. The molecule has 1 aliphatic rings. The van der Waals surface area contributed by atoms with E-state index in [4.69, 9.17) is 9.47 Å². The van der Waals surface area contributed by atoms with Crippen LogP contribution in [0.25, 0.3) is 0 Å². The third-order valence-electron chi connectivity index (χ3n) is 4.46. The summed E-state index contributed by atoms with van der Waals surface area (Å²) in [5.74, 6) is -0.810. The van der Waals surface area contributed by atoms with Crippen LogP contribution in [0.1, 0.15) is 33.6 Å². The summed E-state index contributed by atoms with van der Waals surface area (Å²) in [6.45, 7) is 0.346. The van der Waals surface area contributed by atoms with Crippen LogP contribution in [-0.4, -0.2) is 50.0 Å². The molecule has 0 spiro atoms. The zero-order chi connectivity index (χ0) is 21.3. The van der Waals surface area contributed by atoms with Gasteiger partial charge in [0, 0.05) is 22.9 Å². The topological polar surface area (TPSA) is 90.9 Å². The lowest BCUT2D eigenvalue weighted by Crippen LogP contribution is -2.21. The number of amides is 1. The molecule has 2 aromatic carbocycles. The lowest BCUT2D eigenvalue weighted by atomic mass is 10.2. The van der Waals surface area contributed by atoms with Gasteiger partial charge in [0.1, 0.15) is 0 Å². The minimum Gasteiger partial charge on any atom is -0.465 e. The fourth-order valence-electron chi connectivity index (χ4n) is 2.97. The van der Waals surface area contributed by atoms with Crippen LogP contribution in [0.3, 0.4) is 0 Å². The van der Waals surface area contributed by atoms with Crippen molar-refractivity contribution in [1.29, 1.82) is 0 Å². The molecule has 3 rings (SSSR count). The number of methoxy groups -OCH3 is 1. The van der Waals surface area contributed by atoms with Gasteiger partial charge in [-0.25, -0.2) is 9.59 Å². The SMILES string of the molecule is COC(=O)c1cccc(NC(=O)COC(=O)c2ccccc2SCC2CCCO2)c1. The average Bonchev–Trinajstić information content (AvgIpc) is 3.29. The second kappa shape index (κ2) is 10.8. The van der Waals surface area contributed by atoms with Crippen molar-refractivity contribution in [2.24, 2.45) is 0 Å². The van der Waals surface area contributed by atoms with E-state index in [0.717, 1.165) is 30.1 Å². The molecular weight excluding hydrogens is 406 g/mol. The van der Waals surface area contributed by atoms with Crippen molar-refractivity contribution < 1.29 is 28.6 Å². The van der Waals surface area contributed by atoms with Crippen LogP contribution in [0, 0.1) is 0 Å². The van der Waals surface area contributed by atoms with E-state index in [2.05, 4.69) is 10.1 Å². The lowest BCUT2D eigenvalue weighted by molar-refractivity contribution is -0.119. The summed E-state index contributed by atoms with van der Waals surface area (Å²) in [5.41, 5.74) is 1.14. The van der Waals surface area contributed by atoms with E-state index in [1.807, 2.05) is 12.1 Å². The Hall–Kier alpha value is -2.84. The molecule has 7 nitrogen and oxygen atoms in total. The fourth-order valence-corrected chi connectivity index (χ4v) is 4.08. The van der Waals surface area contributed by atoms with Gasteiger partial charge in [-0.2, -0.15) is 0 Å². The smallest absolute Gasteiger partial charge is 0.339 e. The van der Waals surface area contributed by atoms with Gasteiger partial charge in [0.15, 0.2) is 6.61 Å². The fraction of sp³-hybridized carbons (Fsp3) is 0.318. The Morgan fingerprint density at radius 1 is 1.13 bits per heavy atom. The molecule has 0 radical (unpaired) electrons. The number of hydrogen-bond donors (Lipinski definition) is 1. The van der Waals surface area contributed by atoms with E-state index in [-0.39, 0.29) is 6.10 Å². The molecule has 158 valence electrons. The van der Waals surface area contributed by atoms with Crippen LogP contribution < -0.4 is 5.32 Å². The van der Waals surface area contributed by atoms with Crippen molar-refractivity contribution in [3.05, 3.63) is 59.7 Å². The Bertz CT molecular complexity index is 910. The van der Waals surface area contributed by atoms with Gasteiger partial charge in [-0.1, -0.05) is 18.2 Å². The predicted octanol–water partition coefficient (Wildman–Crippen LogP) is 3.54. The van der Waals surface area contributed by atoms with Crippen LogP contribution in [0.15, 0.2) is 53.4 Å². The molecule has 0 aliphatic carbocycles. The van der Waals surface area contributed by atoms with Gasteiger partial charge >= 0.3 is 11.9 Å². The molecule has 1 heterocycles. The summed E-state index contributed by atoms with van der Waals surface area (Å²) in [6.07, 6.45) is 2.29. The standard InChI is InChI=1S/C22H23NO6S/c1-27-21(25)15-6-4-7-16(12-15)23-20(24)13-29-22(26)18-9-2-3-10-19(18)30-14-17-8-5-11-28-17/h2-4,6-7,9-10,12,17H,5,8,11,13-14H2,1H3,(H,23,24). The van der Waals surface area contributed by atoms with Gasteiger partial charge < -0.3 is 19.5 Å². The molecule has 0 saturated carbocycles. The average molecular weight is 429 g/mol. The Morgan fingerprint density at radius 2 is 1.97 bits per heavy atom. The monoisotopic (exact) mass is 429 g/mol. The maximum Gasteiger partial charge on any atom is 0.339 e. The highest BCUT2D eigenvalue weighted by molar-refractivity contribution is 7.99.